The number of hydrogen-bond acceptors (Lipinski definition) is 3. The molecule has 0 aliphatic heterocycles. The van der Waals surface area contributed by atoms with Crippen LogP contribution < -0.4 is 5.32 Å². The summed E-state index contributed by atoms with van der Waals surface area (Å²) < 4.78 is 39.4. The summed E-state index contributed by atoms with van der Waals surface area (Å²) in [6.07, 6.45) is -1.89. The molecule has 0 amide bonds. The fourth-order valence-corrected chi connectivity index (χ4v) is 2.74. The number of nitrogens with zero attached hydrogens (tertiary/aromatic N) is 1. The summed E-state index contributed by atoms with van der Waals surface area (Å²) in [6.45, 7) is 2.63. The highest BCUT2D eigenvalue weighted by Gasteiger charge is 2.35. The molecule has 0 aliphatic rings. The molecule has 0 aliphatic carbocycles. The van der Waals surface area contributed by atoms with Gasteiger partial charge < -0.3 is 5.32 Å². The van der Waals surface area contributed by atoms with Crippen molar-refractivity contribution in [2.45, 2.75) is 25.6 Å². The smallest absolute Gasteiger partial charge is 0.306 e. The average molecular weight is 300 g/mol. The third-order valence-corrected chi connectivity index (χ3v) is 3.75. The molecule has 1 atom stereocenters. The standard InChI is InChI=1S/C14H15F3N2S/c1-2-7-19-13(12-8-18-9-20-12)10-5-3-4-6-11(10)14(15,16)17/h3-6,8-9,13,19H,2,7H2,1H3. The Balaban J connectivity index is 2.44. The molecule has 0 fully saturated rings. The molecule has 0 saturated heterocycles. The van der Waals surface area contributed by atoms with Gasteiger partial charge in [-0.3, -0.25) is 4.98 Å². The zero-order valence-corrected chi connectivity index (χ0v) is 11.8. The monoisotopic (exact) mass is 300 g/mol. The Kier molecular flexibility index (Phi) is 4.77. The summed E-state index contributed by atoms with van der Waals surface area (Å²) in [5.41, 5.74) is 1.28. The van der Waals surface area contributed by atoms with Gasteiger partial charge in [-0.05, 0) is 24.6 Å². The Labute approximate surface area is 119 Å². The lowest BCUT2D eigenvalue weighted by molar-refractivity contribution is -0.138. The van der Waals surface area contributed by atoms with Crippen molar-refractivity contribution in [2.24, 2.45) is 0 Å². The summed E-state index contributed by atoms with van der Waals surface area (Å²) in [7, 11) is 0. The molecule has 6 heteroatoms. The van der Waals surface area contributed by atoms with E-state index in [2.05, 4.69) is 10.3 Å². The molecule has 0 radical (unpaired) electrons. The zero-order chi connectivity index (χ0) is 14.6. The predicted octanol–water partition coefficient (Wildman–Crippen LogP) is 4.25. The Hall–Kier alpha value is -1.40. The maximum absolute atomic E-state index is 13.1. The number of thiazole rings is 1. The molecule has 2 nitrogen and oxygen atoms in total. The Morgan fingerprint density at radius 3 is 2.65 bits per heavy atom. The molecule has 0 spiro atoms. The molecule has 20 heavy (non-hydrogen) atoms. The van der Waals surface area contributed by atoms with Crippen molar-refractivity contribution in [3.05, 3.63) is 52.0 Å². The van der Waals surface area contributed by atoms with Crippen LogP contribution in [-0.2, 0) is 6.18 Å². The van der Waals surface area contributed by atoms with Gasteiger partial charge >= 0.3 is 6.18 Å². The van der Waals surface area contributed by atoms with Gasteiger partial charge in [0.15, 0.2) is 0 Å². The third kappa shape index (κ3) is 3.37. The van der Waals surface area contributed by atoms with E-state index < -0.39 is 17.8 Å². The Bertz CT molecular complexity index is 538. The maximum atomic E-state index is 13.1. The number of hydrogen-bond donors (Lipinski definition) is 1. The number of alkyl halides is 3. The van der Waals surface area contributed by atoms with Crippen LogP contribution in [0.2, 0.25) is 0 Å². The Morgan fingerprint density at radius 2 is 2.05 bits per heavy atom. The molecule has 1 aromatic carbocycles. The second kappa shape index (κ2) is 6.37. The molecule has 1 unspecified atom stereocenters. The first-order valence-electron chi connectivity index (χ1n) is 6.32. The van der Waals surface area contributed by atoms with Crippen LogP contribution in [0.25, 0.3) is 0 Å². The quantitative estimate of drug-likeness (QED) is 0.893. The van der Waals surface area contributed by atoms with Crippen LogP contribution in [0, 0.1) is 0 Å². The van der Waals surface area contributed by atoms with Gasteiger partial charge in [-0.25, -0.2) is 0 Å². The highest BCUT2D eigenvalue weighted by Crippen LogP contribution is 2.37. The lowest BCUT2D eigenvalue weighted by Crippen LogP contribution is -2.25. The van der Waals surface area contributed by atoms with Crippen molar-refractivity contribution < 1.29 is 13.2 Å². The van der Waals surface area contributed by atoms with E-state index in [9.17, 15) is 13.2 Å². The second-order valence-electron chi connectivity index (χ2n) is 4.38. The van der Waals surface area contributed by atoms with Crippen LogP contribution >= 0.6 is 11.3 Å². The minimum absolute atomic E-state index is 0.248. The largest absolute Gasteiger partial charge is 0.416 e. The minimum atomic E-state index is -4.35. The maximum Gasteiger partial charge on any atom is 0.416 e. The van der Waals surface area contributed by atoms with Crippen LogP contribution in [0.1, 0.15) is 35.4 Å². The fourth-order valence-electron chi connectivity index (χ4n) is 2.03. The van der Waals surface area contributed by atoms with Crippen LogP contribution in [0.5, 0.6) is 0 Å². The number of rotatable bonds is 5. The summed E-state index contributed by atoms with van der Waals surface area (Å²) >= 11 is 1.35. The van der Waals surface area contributed by atoms with Gasteiger partial charge in [0.25, 0.3) is 0 Å². The van der Waals surface area contributed by atoms with Crippen molar-refractivity contribution in [3.8, 4) is 0 Å². The van der Waals surface area contributed by atoms with E-state index in [1.807, 2.05) is 6.92 Å². The summed E-state index contributed by atoms with van der Waals surface area (Å²) in [4.78, 5) is 4.75. The van der Waals surface area contributed by atoms with Gasteiger partial charge in [-0.15, -0.1) is 11.3 Å². The molecule has 1 heterocycles. The molecule has 1 N–H and O–H groups in total. The number of nitrogens with one attached hydrogen (secondary N) is 1. The molecule has 108 valence electrons. The molecule has 2 aromatic rings. The molecular formula is C14H15F3N2S. The molecule has 0 bridgehead atoms. The van der Waals surface area contributed by atoms with Crippen LogP contribution in [0.4, 0.5) is 13.2 Å². The van der Waals surface area contributed by atoms with Gasteiger partial charge in [-0.1, -0.05) is 25.1 Å². The highest BCUT2D eigenvalue weighted by atomic mass is 32.1. The van der Waals surface area contributed by atoms with E-state index >= 15 is 0 Å². The summed E-state index contributed by atoms with van der Waals surface area (Å²) in [5, 5.41) is 3.17. The zero-order valence-electron chi connectivity index (χ0n) is 10.9. The first-order chi connectivity index (χ1) is 9.54. The molecule has 2 rings (SSSR count). The minimum Gasteiger partial charge on any atom is -0.306 e. The highest BCUT2D eigenvalue weighted by molar-refractivity contribution is 7.09. The summed E-state index contributed by atoms with van der Waals surface area (Å²) in [6, 6.07) is 5.22. The third-order valence-electron chi connectivity index (χ3n) is 2.91. The number of benzene rings is 1. The summed E-state index contributed by atoms with van der Waals surface area (Å²) in [5.74, 6) is 0. The van der Waals surface area contributed by atoms with Gasteiger partial charge in [0.1, 0.15) is 0 Å². The second-order valence-corrected chi connectivity index (χ2v) is 5.29. The van der Waals surface area contributed by atoms with Gasteiger partial charge in [-0.2, -0.15) is 13.2 Å². The lowest BCUT2D eigenvalue weighted by Gasteiger charge is -2.21. The van der Waals surface area contributed by atoms with Gasteiger partial charge in [0, 0.05) is 11.1 Å². The normalized spacial score (nSPS) is 13.4. The average Bonchev–Trinajstić information content (AvgIpc) is 2.92. The number of aromatic nitrogens is 1. The topological polar surface area (TPSA) is 24.9 Å². The van der Waals surface area contributed by atoms with E-state index in [1.54, 1.807) is 17.8 Å². The lowest BCUT2D eigenvalue weighted by atomic mass is 9.99. The van der Waals surface area contributed by atoms with Crippen LogP contribution in [0.3, 0.4) is 0 Å². The van der Waals surface area contributed by atoms with E-state index in [4.69, 9.17) is 0 Å². The van der Waals surface area contributed by atoms with Gasteiger partial charge in [0.05, 0.1) is 17.1 Å². The number of halogens is 3. The van der Waals surface area contributed by atoms with E-state index in [1.165, 1.54) is 23.5 Å². The van der Waals surface area contributed by atoms with Crippen LogP contribution in [0.15, 0.2) is 36.0 Å². The first kappa shape index (κ1) is 15.0. The Morgan fingerprint density at radius 1 is 1.30 bits per heavy atom. The predicted molar refractivity (Wildman–Crippen MR) is 73.7 cm³/mol. The van der Waals surface area contributed by atoms with Crippen molar-refractivity contribution in [1.82, 2.24) is 10.3 Å². The van der Waals surface area contributed by atoms with E-state index in [-0.39, 0.29) is 5.56 Å². The SMILES string of the molecule is CCCNC(c1cncs1)c1ccccc1C(F)(F)F. The van der Waals surface area contributed by atoms with E-state index in [0.29, 0.717) is 6.54 Å². The van der Waals surface area contributed by atoms with Gasteiger partial charge in [0.2, 0.25) is 0 Å². The fraction of sp³-hybridized carbons (Fsp3) is 0.357. The van der Waals surface area contributed by atoms with Crippen molar-refractivity contribution >= 4 is 11.3 Å². The van der Waals surface area contributed by atoms with Crippen LogP contribution in [-0.4, -0.2) is 11.5 Å². The first-order valence-corrected chi connectivity index (χ1v) is 7.20. The molecule has 1 aromatic heterocycles. The molecular weight excluding hydrogens is 285 g/mol. The molecule has 0 saturated carbocycles. The van der Waals surface area contributed by atoms with Crippen molar-refractivity contribution in [2.75, 3.05) is 6.54 Å². The van der Waals surface area contributed by atoms with E-state index in [0.717, 1.165) is 17.4 Å². The van der Waals surface area contributed by atoms with Crippen molar-refractivity contribution in [3.63, 3.8) is 0 Å². The van der Waals surface area contributed by atoms with Crippen molar-refractivity contribution in [1.29, 1.82) is 0 Å².